The fourth-order valence-electron chi connectivity index (χ4n) is 2.27. The molecule has 4 nitrogen and oxygen atoms in total. The number of hydrogen-bond donors (Lipinski definition) is 2. The van der Waals surface area contributed by atoms with Crippen LogP contribution >= 0.6 is 0 Å². The summed E-state index contributed by atoms with van der Waals surface area (Å²) in [4.78, 5) is 16.6. The number of amides is 1. The van der Waals surface area contributed by atoms with E-state index >= 15 is 0 Å². The highest BCUT2D eigenvalue weighted by molar-refractivity contribution is 5.99. The Morgan fingerprint density at radius 2 is 1.95 bits per heavy atom. The zero-order chi connectivity index (χ0) is 15.1. The average molecular weight is 283 g/mol. The van der Waals surface area contributed by atoms with Gasteiger partial charge in [0, 0.05) is 12.7 Å². The van der Waals surface area contributed by atoms with Crippen molar-refractivity contribution < 1.29 is 4.79 Å². The molecule has 0 aliphatic heterocycles. The van der Waals surface area contributed by atoms with Crippen LogP contribution in [0, 0.1) is 0 Å². The molecule has 0 radical (unpaired) electrons. The normalized spacial score (nSPS) is 11.7. The molecule has 2 N–H and O–H groups in total. The maximum Gasteiger partial charge on any atom is 0.253 e. The fourth-order valence-corrected chi connectivity index (χ4v) is 2.27. The molecule has 1 aromatic heterocycles. The number of pyridine rings is 1. The molecular weight excluding hydrogens is 262 g/mol. The van der Waals surface area contributed by atoms with Crippen molar-refractivity contribution in [3.8, 4) is 0 Å². The molecule has 1 heterocycles. The Balaban J connectivity index is 2.17. The molecule has 0 aliphatic rings. The van der Waals surface area contributed by atoms with Gasteiger partial charge in [0.15, 0.2) is 0 Å². The van der Waals surface area contributed by atoms with Crippen LogP contribution in [0.4, 0.5) is 5.69 Å². The zero-order valence-electron chi connectivity index (χ0n) is 12.5. The van der Waals surface area contributed by atoms with E-state index in [-0.39, 0.29) is 11.9 Å². The molecule has 1 atom stereocenters. The van der Waals surface area contributed by atoms with E-state index in [9.17, 15) is 4.79 Å². The molecule has 0 saturated carbocycles. The molecule has 110 valence electrons. The Kier molecular flexibility index (Phi) is 5.32. The Morgan fingerprint density at radius 3 is 2.62 bits per heavy atom. The number of benzene rings is 1. The predicted molar refractivity (Wildman–Crippen MR) is 85.3 cm³/mol. The first-order valence-electron chi connectivity index (χ1n) is 7.30. The maximum absolute atomic E-state index is 12.5. The minimum atomic E-state index is -0.0796. The molecule has 1 amide bonds. The van der Waals surface area contributed by atoms with Crippen molar-refractivity contribution in [1.29, 1.82) is 0 Å². The molecule has 2 rings (SSSR count). The standard InChI is InChI=1S/C17H21N3O/c1-3-15(13-8-6-5-7-9-13)20-17(21)14-10-11-18-12-16(14)19-4-2/h5-12,15,19H,3-4H2,1-2H3,(H,20,21). The summed E-state index contributed by atoms with van der Waals surface area (Å²) in [5.74, 6) is -0.0796. The van der Waals surface area contributed by atoms with Crippen molar-refractivity contribution in [3.05, 3.63) is 59.9 Å². The lowest BCUT2D eigenvalue weighted by molar-refractivity contribution is 0.0936. The molecule has 0 fully saturated rings. The van der Waals surface area contributed by atoms with E-state index in [0.29, 0.717) is 5.56 Å². The van der Waals surface area contributed by atoms with Gasteiger partial charge in [-0.3, -0.25) is 9.78 Å². The van der Waals surface area contributed by atoms with Gasteiger partial charge in [0.1, 0.15) is 0 Å². The van der Waals surface area contributed by atoms with E-state index in [2.05, 4.69) is 22.5 Å². The summed E-state index contributed by atoms with van der Waals surface area (Å²) < 4.78 is 0. The lowest BCUT2D eigenvalue weighted by Gasteiger charge is -2.18. The van der Waals surface area contributed by atoms with Crippen LogP contribution in [-0.2, 0) is 0 Å². The monoisotopic (exact) mass is 283 g/mol. The first-order chi connectivity index (χ1) is 10.3. The number of nitrogens with zero attached hydrogens (tertiary/aromatic N) is 1. The lowest BCUT2D eigenvalue weighted by atomic mass is 10.0. The SMILES string of the molecule is CCNc1cnccc1C(=O)NC(CC)c1ccccc1. The number of rotatable bonds is 6. The molecule has 0 aliphatic carbocycles. The van der Waals surface area contributed by atoms with Crippen molar-refractivity contribution in [2.75, 3.05) is 11.9 Å². The minimum absolute atomic E-state index is 0.0151. The van der Waals surface area contributed by atoms with Crippen LogP contribution < -0.4 is 10.6 Å². The van der Waals surface area contributed by atoms with E-state index in [0.717, 1.165) is 24.2 Å². The smallest absolute Gasteiger partial charge is 0.253 e. The Bertz CT molecular complexity index is 584. The number of aromatic nitrogens is 1. The second-order valence-corrected chi connectivity index (χ2v) is 4.80. The van der Waals surface area contributed by atoms with Gasteiger partial charge in [-0.05, 0) is 25.0 Å². The van der Waals surface area contributed by atoms with Gasteiger partial charge in [-0.15, -0.1) is 0 Å². The van der Waals surface area contributed by atoms with E-state index in [4.69, 9.17) is 0 Å². The van der Waals surface area contributed by atoms with Gasteiger partial charge in [0.2, 0.25) is 0 Å². The molecule has 0 spiro atoms. The lowest BCUT2D eigenvalue weighted by Crippen LogP contribution is -2.28. The maximum atomic E-state index is 12.5. The van der Waals surface area contributed by atoms with Crippen LogP contribution in [0.5, 0.6) is 0 Å². The van der Waals surface area contributed by atoms with Crippen LogP contribution in [0.15, 0.2) is 48.8 Å². The third kappa shape index (κ3) is 3.81. The highest BCUT2D eigenvalue weighted by atomic mass is 16.1. The topological polar surface area (TPSA) is 54.0 Å². The van der Waals surface area contributed by atoms with Crippen LogP contribution in [0.3, 0.4) is 0 Å². The number of carbonyl (C=O) groups is 1. The third-order valence-corrected chi connectivity index (χ3v) is 3.35. The Labute approximate surface area is 125 Å². The van der Waals surface area contributed by atoms with Crippen LogP contribution in [0.2, 0.25) is 0 Å². The summed E-state index contributed by atoms with van der Waals surface area (Å²) in [6.07, 6.45) is 4.17. The molecule has 2 aromatic rings. The molecule has 21 heavy (non-hydrogen) atoms. The summed E-state index contributed by atoms with van der Waals surface area (Å²) in [5.41, 5.74) is 2.51. The number of nitrogens with one attached hydrogen (secondary N) is 2. The molecular formula is C17H21N3O. The van der Waals surface area contributed by atoms with Crippen molar-refractivity contribution in [2.45, 2.75) is 26.3 Å². The second-order valence-electron chi connectivity index (χ2n) is 4.80. The molecule has 4 heteroatoms. The van der Waals surface area contributed by atoms with Gasteiger partial charge in [-0.1, -0.05) is 37.3 Å². The number of anilines is 1. The van der Waals surface area contributed by atoms with Gasteiger partial charge in [0.25, 0.3) is 5.91 Å². The van der Waals surface area contributed by atoms with Crippen LogP contribution in [-0.4, -0.2) is 17.4 Å². The van der Waals surface area contributed by atoms with Crippen molar-refractivity contribution in [3.63, 3.8) is 0 Å². The van der Waals surface area contributed by atoms with Gasteiger partial charge >= 0.3 is 0 Å². The van der Waals surface area contributed by atoms with Crippen molar-refractivity contribution >= 4 is 11.6 Å². The molecule has 1 aromatic carbocycles. The molecule has 1 unspecified atom stereocenters. The van der Waals surface area contributed by atoms with Crippen LogP contribution in [0.25, 0.3) is 0 Å². The number of hydrogen-bond acceptors (Lipinski definition) is 3. The molecule has 0 saturated heterocycles. The van der Waals surface area contributed by atoms with Crippen molar-refractivity contribution in [2.24, 2.45) is 0 Å². The average Bonchev–Trinajstić information content (AvgIpc) is 2.54. The van der Waals surface area contributed by atoms with E-state index in [1.807, 2.05) is 37.3 Å². The summed E-state index contributed by atoms with van der Waals surface area (Å²) in [7, 11) is 0. The highest BCUT2D eigenvalue weighted by Crippen LogP contribution is 2.19. The predicted octanol–water partition coefficient (Wildman–Crippen LogP) is 3.39. The minimum Gasteiger partial charge on any atom is -0.383 e. The third-order valence-electron chi connectivity index (χ3n) is 3.35. The van der Waals surface area contributed by atoms with Gasteiger partial charge < -0.3 is 10.6 Å². The Hall–Kier alpha value is -2.36. The first-order valence-corrected chi connectivity index (χ1v) is 7.30. The molecule has 0 bridgehead atoms. The van der Waals surface area contributed by atoms with Gasteiger partial charge in [-0.2, -0.15) is 0 Å². The summed E-state index contributed by atoms with van der Waals surface area (Å²) in [5, 5.41) is 6.26. The van der Waals surface area contributed by atoms with E-state index in [1.54, 1.807) is 18.5 Å². The second kappa shape index (κ2) is 7.43. The van der Waals surface area contributed by atoms with Gasteiger partial charge in [0.05, 0.1) is 23.5 Å². The highest BCUT2D eigenvalue weighted by Gasteiger charge is 2.16. The fraction of sp³-hybridized carbons (Fsp3) is 0.294. The van der Waals surface area contributed by atoms with Gasteiger partial charge in [-0.25, -0.2) is 0 Å². The van der Waals surface area contributed by atoms with E-state index < -0.39 is 0 Å². The summed E-state index contributed by atoms with van der Waals surface area (Å²) in [6.45, 7) is 4.81. The van der Waals surface area contributed by atoms with E-state index in [1.165, 1.54) is 0 Å². The van der Waals surface area contributed by atoms with Crippen molar-refractivity contribution in [1.82, 2.24) is 10.3 Å². The Morgan fingerprint density at radius 1 is 1.19 bits per heavy atom. The number of carbonyl (C=O) groups excluding carboxylic acids is 1. The zero-order valence-corrected chi connectivity index (χ0v) is 12.5. The quantitative estimate of drug-likeness (QED) is 0.854. The summed E-state index contributed by atoms with van der Waals surface area (Å²) in [6, 6.07) is 11.8. The summed E-state index contributed by atoms with van der Waals surface area (Å²) >= 11 is 0. The van der Waals surface area contributed by atoms with Crippen LogP contribution in [0.1, 0.15) is 42.2 Å². The first kappa shape index (κ1) is 15.0. The largest absolute Gasteiger partial charge is 0.383 e.